The molecular formula is C12H19N3O3S. The summed E-state index contributed by atoms with van der Waals surface area (Å²) in [5.41, 5.74) is -0.819. The van der Waals surface area contributed by atoms with Crippen LogP contribution in [0.25, 0.3) is 0 Å². The molecule has 106 valence electrons. The van der Waals surface area contributed by atoms with Crippen LogP contribution in [0.3, 0.4) is 0 Å². The van der Waals surface area contributed by atoms with Crippen molar-refractivity contribution in [1.82, 2.24) is 15.5 Å². The van der Waals surface area contributed by atoms with Gasteiger partial charge in [-0.3, -0.25) is 10.1 Å². The lowest BCUT2D eigenvalue weighted by molar-refractivity contribution is -0.145. The van der Waals surface area contributed by atoms with Gasteiger partial charge in [0.15, 0.2) is 0 Å². The SMILES string of the molecule is Cc1nnc(SC2CCC(NC(C)C)(C(=O)O)C2)o1. The number of thioether (sulfide) groups is 1. The van der Waals surface area contributed by atoms with Gasteiger partial charge in [-0.1, -0.05) is 11.8 Å². The summed E-state index contributed by atoms with van der Waals surface area (Å²) in [6.07, 6.45) is 2.04. The van der Waals surface area contributed by atoms with Gasteiger partial charge in [-0.2, -0.15) is 0 Å². The number of carboxylic acid groups (broad SMARTS) is 1. The van der Waals surface area contributed by atoms with Crippen LogP contribution in [0.4, 0.5) is 0 Å². The third kappa shape index (κ3) is 3.27. The lowest BCUT2D eigenvalue weighted by atomic mass is 9.97. The van der Waals surface area contributed by atoms with Crippen LogP contribution in [0.2, 0.25) is 0 Å². The first-order chi connectivity index (χ1) is 8.91. The van der Waals surface area contributed by atoms with Gasteiger partial charge in [0, 0.05) is 18.2 Å². The van der Waals surface area contributed by atoms with Crippen LogP contribution in [0.5, 0.6) is 0 Å². The molecule has 1 heterocycles. The van der Waals surface area contributed by atoms with E-state index in [1.807, 2.05) is 13.8 Å². The summed E-state index contributed by atoms with van der Waals surface area (Å²) < 4.78 is 5.33. The summed E-state index contributed by atoms with van der Waals surface area (Å²) in [6.45, 7) is 5.67. The van der Waals surface area contributed by atoms with Crippen LogP contribution in [-0.2, 0) is 4.79 Å². The molecule has 0 bridgehead atoms. The second-order valence-electron chi connectivity index (χ2n) is 5.26. The van der Waals surface area contributed by atoms with Crippen molar-refractivity contribution < 1.29 is 14.3 Å². The average molecular weight is 285 g/mol. The Morgan fingerprint density at radius 1 is 1.58 bits per heavy atom. The fraction of sp³-hybridized carbons (Fsp3) is 0.750. The van der Waals surface area contributed by atoms with E-state index in [9.17, 15) is 9.90 Å². The van der Waals surface area contributed by atoms with E-state index in [1.165, 1.54) is 11.8 Å². The molecule has 2 unspecified atom stereocenters. The van der Waals surface area contributed by atoms with Crippen LogP contribution in [-0.4, -0.2) is 38.1 Å². The highest BCUT2D eigenvalue weighted by atomic mass is 32.2. The fourth-order valence-corrected chi connectivity index (χ4v) is 3.65. The Balaban J connectivity index is 2.02. The second kappa shape index (κ2) is 5.50. The molecular weight excluding hydrogens is 266 g/mol. The quantitative estimate of drug-likeness (QED) is 0.853. The van der Waals surface area contributed by atoms with Gasteiger partial charge in [-0.15, -0.1) is 10.2 Å². The minimum Gasteiger partial charge on any atom is -0.480 e. The Morgan fingerprint density at radius 3 is 2.84 bits per heavy atom. The molecule has 6 nitrogen and oxygen atoms in total. The van der Waals surface area contributed by atoms with E-state index >= 15 is 0 Å². The molecule has 1 aromatic rings. The number of nitrogens with zero attached hydrogens (tertiary/aromatic N) is 2. The molecule has 0 aromatic carbocycles. The summed E-state index contributed by atoms with van der Waals surface area (Å²) in [6, 6.07) is 0.144. The molecule has 1 saturated carbocycles. The molecule has 1 aliphatic rings. The highest BCUT2D eigenvalue weighted by molar-refractivity contribution is 7.99. The third-order valence-electron chi connectivity index (χ3n) is 3.22. The van der Waals surface area contributed by atoms with Gasteiger partial charge < -0.3 is 9.52 Å². The zero-order valence-corrected chi connectivity index (χ0v) is 12.2. The van der Waals surface area contributed by atoms with Gasteiger partial charge in [0.2, 0.25) is 5.89 Å². The predicted molar refractivity (Wildman–Crippen MR) is 71.2 cm³/mol. The van der Waals surface area contributed by atoms with Crippen molar-refractivity contribution in [3.05, 3.63) is 5.89 Å². The first kappa shape index (κ1) is 14.3. The van der Waals surface area contributed by atoms with Gasteiger partial charge in [0.25, 0.3) is 5.22 Å². The lowest BCUT2D eigenvalue weighted by Gasteiger charge is -2.28. The van der Waals surface area contributed by atoms with E-state index in [4.69, 9.17) is 4.42 Å². The third-order valence-corrected chi connectivity index (χ3v) is 4.32. The summed E-state index contributed by atoms with van der Waals surface area (Å²) in [5, 5.41) is 21.1. The van der Waals surface area contributed by atoms with Crippen LogP contribution < -0.4 is 5.32 Å². The summed E-state index contributed by atoms with van der Waals surface area (Å²) in [4.78, 5) is 11.5. The van der Waals surface area contributed by atoms with Crippen molar-refractivity contribution >= 4 is 17.7 Å². The van der Waals surface area contributed by atoms with Crippen molar-refractivity contribution in [3.63, 3.8) is 0 Å². The molecule has 0 saturated heterocycles. The molecule has 1 aliphatic carbocycles. The monoisotopic (exact) mass is 285 g/mol. The Kier molecular flexibility index (Phi) is 4.15. The number of aromatic nitrogens is 2. The first-order valence-electron chi connectivity index (χ1n) is 6.39. The Labute approximate surface area is 116 Å². The Hall–Kier alpha value is -1.08. The number of hydrogen-bond donors (Lipinski definition) is 2. The van der Waals surface area contributed by atoms with Crippen LogP contribution in [0.15, 0.2) is 9.64 Å². The minimum atomic E-state index is -0.819. The van der Waals surface area contributed by atoms with Gasteiger partial charge >= 0.3 is 5.97 Å². The summed E-state index contributed by atoms with van der Waals surface area (Å²) in [5.74, 6) is -0.240. The van der Waals surface area contributed by atoms with Crippen molar-refractivity contribution in [2.45, 2.75) is 62.1 Å². The van der Waals surface area contributed by atoms with Gasteiger partial charge in [-0.25, -0.2) is 0 Å². The molecule has 0 spiro atoms. The van der Waals surface area contributed by atoms with Gasteiger partial charge in [0.1, 0.15) is 5.54 Å². The van der Waals surface area contributed by atoms with Crippen LogP contribution >= 0.6 is 11.8 Å². The van der Waals surface area contributed by atoms with Gasteiger partial charge in [0.05, 0.1) is 0 Å². The highest BCUT2D eigenvalue weighted by Gasteiger charge is 2.46. The molecule has 2 atom stereocenters. The largest absolute Gasteiger partial charge is 0.480 e. The molecule has 7 heteroatoms. The number of aryl methyl sites for hydroxylation is 1. The van der Waals surface area contributed by atoms with E-state index in [-0.39, 0.29) is 11.3 Å². The van der Waals surface area contributed by atoms with E-state index in [0.717, 1.165) is 6.42 Å². The molecule has 1 fully saturated rings. The molecule has 0 amide bonds. The topological polar surface area (TPSA) is 88.2 Å². The maximum atomic E-state index is 11.5. The van der Waals surface area contributed by atoms with Crippen molar-refractivity contribution in [1.29, 1.82) is 0 Å². The second-order valence-corrected chi connectivity index (χ2v) is 6.51. The molecule has 1 aromatic heterocycles. The fourth-order valence-electron chi connectivity index (χ4n) is 2.51. The number of rotatable bonds is 5. The molecule has 0 aliphatic heterocycles. The number of carboxylic acids is 1. The molecule has 2 N–H and O–H groups in total. The van der Waals surface area contributed by atoms with E-state index in [2.05, 4.69) is 15.5 Å². The van der Waals surface area contributed by atoms with Crippen molar-refractivity contribution in [2.75, 3.05) is 0 Å². The zero-order chi connectivity index (χ0) is 14.0. The average Bonchev–Trinajstić information content (AvgIpc) is 2.87. The molecule has 0 radical (unpaired) electrons. The Morgan fingerprint density at radius 2 is 2.32 bits per heavy atom. The number of hydrogen-bond acceptors (Lipinski definition) is 6. The van der Waals surface area contributed by atoms with E-state index in [1.54, 1.807) is 6.92 Å². The molecule has 2 rings (SSSR count). The maximum absolute atomic E-state index is 11.5. The summed E-state index contributed by atoms with van der Waals surface area (Å²) in [7, 11) is 0. The highest BCUT2D eigenvalue weighted by Crippen LogP contribution is 2.40. The smallest absolute Gasteiger partial charge is 0.323 e. The number of aliphatic carboxylic acids is 1. The zero-order valence-electron chi connectivity index (χ0n) is 11.3. The molecule has 19 heavy (non-hydrogen) atoms. The number of nitrogens with one attached hydrogen (secondary N) is 1. The van der Waals surface area contributed by atoms with E-state index < -0.39 is 11.5 Å². The lowest BCUT2D eigenvalue weighted by Crippen LogP contribution is -2.53. The van der Waals surface area contributed by atoms with Crippen molar-refractivity contribution in [3.8, 4) is 0 Å². The van der Waals surface area contributed by atoms with Crippen molar-refractivity contribution in [2.24, 2.45) is 0 Å². The first-order valence-corrected chi connectivity index (χ1v) is 7.27. The normalized spacial score (nSPS) is 27.1. The van der Waals surface area contributed by atoms with Gasteiger partial charge in [-0.05, 0) is 33.1 Å². The van der Waals surface area contributed by atoms with E-state index in [0.29, 0.717) is 24.0 Å². The summed E-state index contributed by atoms with van der Waals surface area (Å²) >= 11 is 1.48. The standard InChI is InChI=1S/C12H19N3O3S/c1-7(2)13-12(10(16)17)5-4-9(6-12)19-11-15-14-8(3)18-11/h7,9,13H,4-6H2,1-3H3,(H,16,17). The number of carbonyl (C=O) groups is 1. The van der Waals surface area contributed by atoms with Crippen LogP contribution in [0, 0.1) is 6.92 Å². The predicted octanol–water partition coefficient (Wildman–Crippen LogP) is 1.84. The van der Waals surface area contributed by atoms with Crippen LogP contribution in [0.1, 0.15) is 39.0 Å². The Bertz CT molecular complexity index is 463. The maximum Gasteiger partial charge on any atom is 0.323 e. The minimum absolute atomic E-state index is 0.144.